The third-order valence-corrected chi connectivity index (χ3v) is 6.19. The van der Waals surface area contributed by atoms with Gasteiger partial charge >= 0.3 is 5.97 Å². The van der Waals surface area contributed by atoms with Gasteiger partial charge < -0.3 is 20.1 Å². The summed E-state index contributed by atoms with van der Waals surface area (Å²) in [5, 5.41) is 4.68. The molecule has 8 nitrogen and oxygen atoms in total. The highest BCUT2D eigenvalue weighted by Gasteiger charge is 2.29. The van der Waals surface area contributed by atoms with Crippen molar-refractivity contribution in [2.45, 2.75) is 38.3 Å². The molecule has 2 aliphatic rings. The lowest BCUT2D eigenvalue weighted by Gasteiger charge is -2.31. The summed E-state index contributed by atoms with van der Waals surface area (Å²) in [4.78, 5) is 26.8. The summed E-state index contributed by atoms with van der Waals surface area (Å²) in [7, 11) is 0. The number of nitrogen functional groups attached to an aromatic ring is 1. The fourth-order valence-electron chi connectivity index (χ4n) is 4.01. The number of carbonyl (C=O) groups excluding carboxylic acids is 1. The van der Waals surface area contributed by atoms with Crippen molar-refractivity contribution < 1.29 is 14.3 Å². The fraction of sp³-hybridized carbons (Fsp3) is 0.476. The molecule has 2 N–H and O–H groups in total. The molecule has 1 aromatic heterocycles. The maximum Gasteiger partial charge on any atom is 0.342 e. The van der Waals surface area contributed by atoms with E-state index in [2.05, 4.69) is 10.00 Å². The Morgan fingerprint density at radius 3 is 2.81 bits per heavy atom. The monoisotopic (exact) mass is 466 g/mol. The van der Waals surface area contributed by atoms with Gasteiger partial charge in [-0.05, 0) is 37.9 Å². The van der Waals surface area contributed by atoms with Gasteiger partial charge in [-0.2, -0.15) is 5.10 Å². The van der Waals surface area contributed by atoms with Crippen molar-refractivity contribution in [3.05, 3.63) is 49.9 Å². The zero-order valence-electron chi connectivity index (χ0n) is 17.0. The summed E-state index contributed by atoms with van der Waals surface area (Å²) < 4.78 is 12.7. The van der Waals surface area contributed by atoms with E-state index >= 15 is 0 Å². The Hall–Kier alpha value is -2.29. The normalized spacial score (nSPS) is 16.7. The summed E-state index contributed by atoms with van der Waals surface area (Å²) in [6, 6.07) is 4.44. The molecule has 0 saturated carbocycles. The number of hydrogen-bond acceptors (Lipinski definition) is 7. The zero-order chi connectivity index (χ0) is 22.0. The Kier molecular flexibility index (Phi) is 6.69. The van der Waals surface area contributed by atoms with Crippen LogP contribution in [0.4, 0.5) is 5.69 Å². The molecule has 0 radical (unpaired) electrons. The second kappa shape index (κ2) is 9.46. The molecule has 1 aromatic carbocycles. The van der Waals surface area contributed by atoms with Crippen LogP contribution >= 0.6 is 23.2 Å². The number of rotatable bonds is 6. The van der Waals surface area contributed by atoms with Gasteiger partial charge in [-0.3, -0.25) is 4.79 Å². The van der Waals surface area contributed by atoms with Crippen molar-refractivity contribution >= 4 is 34.9 Å². The molecule has 10 heteroatoms. The largest absolute Gasteiger partial charge is 0.492 e. The average Bonchev–Trinajstić information content (AvgIpc) is 3.24. The minimum absolute atomic E-state index is 0.158. The molecular weight excluding hydrogens is 443 g/mol. The van der Waals surface area contributed by atoms with Crippen LogP contribution in [0.25, 0.3) is 0 Å². The molecule has 2 aliphatic heterocycles. The summed E-state index contributed by atoms with van der Waals surface area (Å²) in [6.45, 7) is 3.45. The number of aromatic nitrogens is 2. The van der Waals surface area contributed by atoms with Crippen LogP contribution in [0.15, 0.2) is 23.0 Å². The predicted molar refractivity (Wildman–Crippen MR) is 118 cm³/mol. The molecule has 0 unspecified atom stereocenters. The molecule has 0 spiro atoms. The Bertz CT molecular complexity index is 1030. The average molecular weight is 467 g/mol. The van der Waals surface area contributed by atoms with E-state index < -0.39 is 5.97 Å². The quantitative estimate of drug-likeness (QED) is 0.515. The second-order valence-electron chi connectivity index (χ2n) is 7.74. The van der Waals surface area contributed by atoms with Crippen LogP contribution in [0.5, 0.6) is 5.75 Å². The molecule has 1 fully saturated rings. The molecule has 4 rings (SSSR count). The van der Waals surface area contributed by atoms with Gasteiger partial charge in [0.15, 0.2) is 0 Å². The van der Waals surface area contributed by atoms with E-state index in [1.807, 2.05) is 0 Å². The molecule has 0 aliphatic carbocycles. The first kappa shape index (κ1) is 21.9. The topological polar surface area (TPSA) is 99.7 Å². The maximum atomic E-state index is 12.7. The lowest BCUT2D eigenvalue weighted by atomic mass is 10.0. The van der Waals surface area contributed by atoms with Gasteiger partial charge in [0, 0.05) is 37.7 Å². The van der Waals surface area contributed by atoms with Crippen molar-refractivity contribution in [3.8, 4) is 5.75 Å². The first-order valence-corrected chi connectivity index (χ1v) is 11.1. The molecule has 1 saturated heterocycles. The number of anilines is 1. The van der Waals surface area contributed by atoms with Gasteiger partial charge in [-0.1, -0.05) is 23.2 Å². The number of ether oxygens (including phenoxy) is 2. The summed E-state index contributed by atoms with van der Waals surface area (Å²) in [5.74, 6) is 0.0686. The van der Waals surface area contributed by atoms with Gasteiger partial charge in [0.2, 0.25) is 0 Å². The molecular formula is C21H24Cl2N4O4. The Morgan fingerprint density at radius 2 is 2.03 bits per heavy atom. The number of halogens is 2. The summed E-state index contributed by atoms with van der Waals surface area (Å²) in [5.41, 5.74) is 7.43. The van der Waals surface area contributed by atoms with Crippen molar-refractivity contribution in [3.63, 3.8) is 0 Å². The second-order valence-corrected chi connectivity index (χ2v) is 8.54. The number of fused-ring (bicyclic) bond motifs is 1. The first-order chi connectivity index (χ1) is 14.9. The van der Waals surface area contributed by atoms with Gasteiger partial charge in [0.05, 0.1) is 17.3 Å². The Labute approximate surface area is 189 Å². The predicted octanol–water partition coefficient (Wildman–Crippen LogP) is 2.78. The van der Waals surface area contributed by atoms with E-state index in [1.165, 1.54) is 22.9 Å². The Morgan fingerprint density at radius 1 is 1.26 bits per heavy atom. The Balaban J connectivity index is 1.27. The molecule has 0 amide bonds. The highest BCUT2D eigenvalue weighted by Crippen LogP contribution is 2.39. The van der Waals surface area contributed by atoms with E-state index in [-0.39, 0.29) is 11.7 Å². The minimum atomic E-state index is -0.426. The highest BCUT2D eigenvalue weighted by molar-refractivity contribution is 6.33. The van der Waals surface area contributed by atoms with Crippen LogP contribution in [0.1, 0.15) is 35.2 Å². The number of nitrogens with zero attached hydrogens (tertiary/aromatic N) is 3. The summed E-state index contributed by atoms with van der Waals surface area (Å²) in [6.07, 6.45) is 2.75. The number of benzene rings is 1. The highest BCUT2D eigenvalue weighted by atomic mass is 35.5. The fourth-order valence-corrected chi connectivity index (χ4v) is 4.39. The molecule has 0 bridgehead atoms. The van der Waals surface area contributed by atoms with Crippen molar-refractivity contribution in [1.82, 2.24) is 14.7 Å². The number of esters is 1. The van der Waals surface area contributed by atoms with Crippen LogP contribution in [0.2, 0.25) is 10.2 Å². The smallest absolute Gasteiger partial charge is 0.342 e. The number of likely N-dealkylation sites (tertiary alicyclic amines) is 1. The maximum absolute atomic E-state index is 12.7. The lowest BCUT2D eigenvalue weighted by molar-refractivity contribution is 0.0108. The van der Waals surface area contributed by atoms with Crippen LogP contribution in [0, 0.1) is 0 Å². The van der Waals surface area contributed by atoms with Gasteiger partial charge in [0.25, 0.3) is 5.56 Å². The lowest BCUT2D eigenvalue weighted by Crippen LogP contribution is -2.38. The van der Waals surface area contributed by atoms with E-state index in [0.717, 1.165) is 44.5 Å². The van der Waals surface area contributed by atoms with Crippen LogP contribution in [0.3, 0.4) is 0 Å². The van der Waals surface area contributed by atoms with E-state index in [1.54, 1.807) is 0 Å². The van der Waals surface area contributed by atoms with Gasteiger partial charge in [-0.25, -0.2) is 9.48 Å². The van der Waals surface area contributed by atoms with E-state index in [4.69, 9.17) is 38.4 Å². The number of hydrogen-bond donors (Lipinski definition) is 1. The first-order valence-electron chi connectivity index (χ1n) is 10.3. The standard InChI is InChI=1S/C21H24Cl2N4O4/c22-16-12-15(20-14(19(16)24)6-11-30-20)21(29)31-13-4-9-26(10-5-13)7-1-8-27-18(28)3-2-17(23)25-27/h2-3,12-13H,1,4-11,24H2. The van der Waals surface area contributed by atoms with Gasteiger partial charge in [-0.15, -0.1) is 0 Å². The van der Waals surface area contributed by atoms with E-state index in [9.17, 15) is 9.59 Å². The molecule has 3 heterocycles. The number of aryl methyl sites for hydroxylation is 1. The van der Waals surface area contributed by atoms with Crippen molar-refractivity contribution in [2.24, 2.45) is 0 Å². The zero-order valence-corrected chi connectivity index (χ0v) is 18.5. The van der Waals surface area contributed by atoms with Crippen LogP contribution in [-0.4, -0.2) is 53.0 Å². The third-order valence-electron chi connectivity index (χ3n) is 5.68. The van der Waals surface area contributed by atoms with Crippen molar-refractivity contribution in [1.29, 1.82) is 0 Å². The molecule has 2 aromatic rings. The van der Waals surface area contributed by atoms with E-state index in [0.29, 0.717) is 46.7 Å². The van der Waals surface area contributed by atoms with Crippen LogP contribution in [-0.2, 0) is 17.7 Å². The number of nitrogens with two attached hydrogens (primary N) is 1. The molecule has 0 atom stereocenters. The third kappa shape index (κ3) is 4.97. The van der Waals surface area contributed by atoms with Gasteiger partial charge in [0.1, 0.15) is 22.6 Å². The van der Waals surface area contributed by atoms with Crippen molar-refractivity contribution in [2.75, 3.05) is 32.0 Å². The number of carbonyl (C=O) groups is 1. The molecule has 31 heavy (non-hydrogen) atoms. The van der Waals surface area contributed by atoms with Crippen LogP contribution < -0.4 is 16.0 Å². The number of piperidine rings is 1. The summed E-state index contributed by atoms with van der Waals surface area (Å²) >= 11 is 12.0. The SMILES string of the molecule is Nc1c(Cl)cc(C(=O)OC2CCN(CCCn3nc(Cl)ccc3=O)CC2)c2c1CCO2. The minimum Gasteiger partial charge on any atom is -0.492 e. The molecule has 166 valence electrons.